The average molecular weight is 261 g/mol. The van der Waals surface area contributed by atoms with Crippen molar-refractivity contribution in [3.05, 3.63) is 46.2 Å². The van der Waals surface area contributed by atoms with Crippen LogP contribution in [0.5, 0.6) is 0 Å². The summed E-state index contributed by atoms with van der Waals surface area (Å²) in [6, 6.07) is 9.42. The van der Waals surface area contributed by atoms with Gasteiger partial charge in [-0.2, -0.15) is 0 Å². The van der Waals surface area contributed by atoms with E-state index < -0.39 is 5.91 Å². The van der Waals surface area contributed by atoms with Gasteiger partial charge in [0.2, 0.25) is 0 Å². The minimum absolute atomic E-state index is 0.366. The van der Waals surface area contributed by atoms with E-state index in [0.717, 1.165) is 12.2 Å². The third kappa shape index (κ3) is 2.62. The zero-order valence-corrected chi connectivity index (χ0v) is 10.9. The normalized spacial score (nSPS) is 10.3. The quantitative estimate of drug-likeness (QED) is 0.827. The van der Waals surface area contributed by atoms with Crippen molar-refractivity contribution in [3.8, 4) is 0 Å². The Morgan fingerprint density at radius 3 is 2.78 bits per heavy atom. The molecular weight excluding hydrogens is 246 g/mol. The Morgan fingerprint density at radius 1 is 1.39 bits per heavy atom. The summed E-state index contributed by atoms with van der Waals surface area (Å²) in [7, 11) is 1.97. The van der Waals surface area contributed by atoms with Crippen molar-refractivity contribution in [2.75, 3.05) is 17.7 Å². The van der Waals surface area contributed by atoms with Gasteiger partial charge in [-0.25, -0.2) is 0 Å². The van der Waals surface area contributed by atoms with Crippen molar-refractivity contribution in [1.29, 1.82) is 0 Å². The van der Waals surface area contributed by atoms with Gasteiger partial charge in [0, 0.05) is 23.3 Å². The van der Waals surface area contributed by atoms with Gasteiger partial charge in [-0.05, 0) is 29.6 Å². The van der Waals surface area contributed by atoms with Gasteiger partial charge in [0.05, 0.1) is 12.1 Å². The van der Waals surface area contributed by atoms with E-state index in [9.17, 15) is 4.79 Å². The lowest BCUT2D eigenvalue weighted by Crippen LogP contribution is -2.18. The number of carbonyl (C=O) groups excluding carboxylic acids is 1. The van der Waals surface area contributed by atoms with E-state index in [0.29, 0.717) is 11.3 Å². The Kier molecular flexibility index (Phi) is 3.53. The third-order valence-electron chi connectivity index (χ3n) is 2.72. The van der Waals surface area contributed by atoms with E-state index in [4.69, 9.17) is 11.5 Å². The number of amides is 1. The number of nitrogens with zero attached hydrogens (tertiary/aromatic N) is 1. The van der Waals surface area contributed by atoms with Crippen LogP contribution in [0.25, 0.3) is 0 Å². The van der Waals surface area contributed by atoms with E-state index in [2.05, 4.69) is 11.0 Å². The van der Waals surface area contributed by atoms with Gasteiger partial charge in [0.15, 0.2) is 0 Å². The van der Waals surface area contributed by atoms with Gasteiger partial charge >= 0.3 is 0 Å². The summed E-state index contributed by atoms with van der Waals surface area (Å²) in [5.74, 6) is -0.501. The maximum absolute atomic E-state index is 11.2. The van der Waals surface area contributed by atoms with Gasteiger partial charge in [0.1, 0.15) is 0 Å². The number of primary amides is 1. The lowest BCUT2D eigenvalue weighted by Gasteiger charge is -2.19. The molecule has 94 valence electrons. The summed E-state index contributed by atoms with van der Waals surface area (Å²) in [6.45, 7) is 0.791. The minimum Gasteiger partial charge on any atom is -0.398 e. The van der Waals surface area contributed by atoms with Crippen LogP contribution >= 0.6 is 11.3 Å². The summed E-state index contributed by atoms with van der Waals surface area (Å²) in [6.07, 6.45) is 0. The van der Waals surface area contributed by atoms with Gasteiger partial charge in [-0.1, -0.05) is 6.07 Å². The van der Waals surface area contributed by atoms with Crippen LogP contribution in [0.4, 0.5) is 11.4 Å². The minimum atomic E-state index is -0.501. The Morgan fingerprint density at radius 2 is 2.17 bits per heavy atom. The molecular formula is C13H15N3OS. The summed E-state index contributed by atoms with van der Waals surface area (Å²) in [4.78, 5) is 14.6. The molecule has 2 aromatic rings. The first-order valence-corrected chi connectivity index (χ1v) is 6.38. The maximum Gasteiger partial charge on any atom is 0.250 e. The van der Waals surface area contributed by atoms with Crippen LogP contribution in [0.15, 0.2) is 35.7 Å². The number of nitrogen functional groups attached to an aromatic ring is 1. The lowest BCUT2D eigenvalue weighted by atomic mass is 10.1. The summed E-state index contributed by atoms with van der Waals surface area (Å²) >= 11 is 1.70. The first-order chi connectivity index (χ1) is 8.58. The fraction of sp³-hybridized carbons (Fsp3) is 0.154. The van der Waals surface area contributed by atoms with Crippen LogP contribution in [-0.4, -0.2) is 13.0 Å². The fourth-order valence-electron chi connectivity index (χ4n) is 1.72. The van der Waals surface area contributed by atoms with Crippen molar-refractivity contribution in [3.63, 3.8) is 0 Å². The highest BCUT2D eigenvalue weighted by Crippen LogP contribution is 2.22. The molecule has 0 fully saturated rings. The number of anilines is 2. The van der Waals surface area contributed by atoms with Crippen LogP contribution in [0.3, 0.4) is 0 Å². The number of hydrogen-bond donors (Lipinski definition) is 2. The Hall–Kier alpha value is -2.01. The van der Waals surface area contributed by atoms with E-state index >= 15 is 0 Å². The molecule has 0 saturated heterocycles. The summed E-state index contributed by atoms with van der Waals surface area (Å²) < 4.78 is 0. The standard InChI is InChI=1S/C13H15N3OS/c1-16(8-10-3-2-6-18-10)9-4-5-12(14)11(7-9)13(15)17/h2-7H,8,14H2,1H3,(H2,15,17). The smallest absolute Gasteiger partial charge is 0.250 e. The van der Waals surface area contributed by atoms with Crippen LogP contribution in [0, 0.1) is 0 Å². The highest BCUT2D eigenvalue weighted by Gasteiger charge is 2.09. The van der Waals surface area contributed by atoms with Gasteiger partial charge in [0.25, 0.3) is 5.91 Å². The zero-order chi connectivity index (χ0) is 13.1. The zero-order valence-electron chi connectivity index (χ0n) is 10.1. The second kappa shape index (κ2) is 5.10. The molecule has 4 N–H and O–H groups in total. The molecule has 0 radical (unpaired) electrons. The number of hydrogen-bond acceptors (Lipinski definition) is 4. The van der Waals surface area contributed by atoms with E-state index in [1.165, 1.54) is 4.88 Å². The molecule has 0 saturated carbocycles. The Balaban J connectivity index is 2.22. The molecule has 2 rings (SSSR count). The molecule has 0 bridgehead atoms. The SMILES string of the molecule is CN(Cc1cccs1)c1ccc(N)c(C(N)=O)c1. The molecule has 1 aromatic carbocycles. The molecule has 1 amide bonds. The average Bonchev–Trinajstić information content (AvgIpc) is 2.81. The molecule has 0 spiro atoms. The summed E-state index contributed by atoms with van der Waals surface area (Å²) in [5, 5.41) is 2.04. The van der Waals surface area contributed by atoms with Crippen molar-refractivity contribution >= 4 is 28.6 Å². The van der Waals surface area contributed by atoms with Crippen molar-refractivity contribution in [2.45, 2.75) is 6.54 Å². The predicted molar refractivity (Wildman–Crippen MR) is 75.8 cm³/mol. The Labute approximate surface area is 110 Å². The monoisotopic (exact) mass is 261 g/mol. The van der Waals surface area contributed by atoms with Gasteiger partial charge in [-0.3, -0.25) is 4.79 Å². The largest absolute Gasteiger partial charge is 0.398 e. The molecule has 1 aromatic heterocycles. The maximum atomic E-state index is 11.2. The summed E-state index contributed by atoms with van der Waals surface area (Å²) in [5.41, 5.74) is 12.7. The third-order valence-corrected chi connectivity index (χ3v) is 3.58. The topological polar surface area (TPSA) is 72.3 Å². The fourth-order valence-corrected chi connectivity index (χ4v) is 2.48. The molecule has 0 aliphatic heterocycles. The molecule has 0 atom stereocenters. The second-order valence-corrected chi connectivity index (χ2v) is 5.10. The highest BCUT2D eigenvalue weighted by molar-refractivity contribution is 7.09. The Bertz CT molecular complexity index is 551. The van der Waals surface area contributed by atoms with Crippen LogP contribution in [0.1, 0.15) is 15.2 Å². The van der Waals surface area contributed by atoms with Gasteiger partial charge < -0.3 is 16.4 Å². The molecule has 5 heteroatoms. The first-order valence-electron chi connectivity index (χ1n) is 5.51. The molecule has 1 heterocycles. The highest BCUT2D eigenvalue weighted by atomic mass is 32.1. The van der Waals surface area contributed by atoms with Crippen LogP contribution < -0.4 is 16.4 Å². The number of rotatable bonds is 4. The van der Waals surface area contributed by atoms with E-state index in [-0.39, 0.29) is 0 Å². The number of nitrogens with two attached hydrogens (primary N) is 2. The van der Waals surface area contributed by atoms with Crippen molar-refractivity contribution in [2.24, 2.45) is 5.73 Å². The lowest BCUT2D eigenvalue weighted by molar-refractivity contribution is 0.100. The van der Waals surface area contributed by atoms with Crippen molar-refractivity contribution < 1.29 is 4.79 Å². The van der Waals surface area contributed by atoms with Crippen molar-refractivity contribution in [1.82, 2.24) is 0 Å². The molecule has 18 heavy (non-hydrogen) atoms. The first kappa shape index (κ1) is 12.4. The number of benzene rings is 1. The van der Waals surface area contributed by atoms with Gasteiger partial charge in [-0.15, -0.1) is 11.3 Å². The predicted octanol–water partition coefficient (Wildman–Crippen LogP) is 2.07. The number of thiophene rings is 1. The van der Waals surface area contributed by atoms with E-state index in [1.54, 1.807) is 23.5 Å². The molecule has 4 nitrogen and oxygen atoms in total. The van der Waals surface area contributed by atoms with Crippen LogP contribution in [0.2, 0.25) is 0 Å². The second-order valence-electron chi connectivity index (χ2n) is 4.07. The number of carbonyl (C=O) groups is 1. The molecule has 0 aliphatic carbocycles. The van der Waals surface area contributed by atoms with E-state index in [1.807, 2.05) is 24.6 Å². The molecule has 0 aliphatic rings. The van der Waals surface area contributed by atoms with Crippen LogP contribution in [-0.2, 0) is 6.54 Å². The molecule has 0 unspecified atom stereocenters.